The number of pyridine rings is 1. The molecule has 3 rings (SSSR count). The minimum absolute atomic E-state index is 0.115. The highest BCUT2D eigenvalue weighted by Gasteiger charge is 2.31. The smallest absolute Gasteiger partial charge is 0.417 e. The van der Waals surface area contributed by atoms with Gasteiger partial charge in [0.2, 0.25) is 5.91 Å². The van der Waals surface area contributed by atoms with Gasteiger partial charge in [0.05, 0.1) is 12.2 Å². The van der Waals surface area contributed by atoms with Gasteiger partial charge in [-0.2, -0.15) is 13.2 Å². The minimum atomic E-state index is -4.40. The van der Waals surface area contributed by atoms with Crippen molar-refractivity contribution in [2.45, 2.75) is 13.1 Å². The average molecular weight is 405 g/mol. The fourth-order valence-electron chi connectivity index (χ4n) is 3.07. The number of carbonyl (C=O) groups excluding carboxylic acids is 1. The molecule has 1 aliphatic heterocycles. The molecule has 154 valence electrons. The van der Waals surface area contributed by atoms with E-state index in [0.29, 0.717) is 38.6 Å². The van der Waals surface area contributed by atoms with Crippen molar-refractivity contribution in [3.63, 3.8) is 0 Å². The normalized spacial score (nSPS) is 15.0. The van der Waals surface area contributed by atoms with Gasteiger partial charge < -0.3 is 14.5 Å². The van der Waals surface area contributed by atoms with Crippen LogP contribution in [0.15, 0.2) is 48.7 Å². The van der Waals surface area contributed by atoms with E-state index in [1.54, 1.807) is 11.0 Å². The number of piperazine rings is 1. The van der Waals surface area contributed by atoms with Crippen LogP contribution >= 0.6 is 0 Å². The molecule has 1 aromatic carbocycles. The van der Waals surface area contributed by atoms with E-state index in [1.807, 2.05) is 36.1 Å². The molecule has 0 radical (unpaired) electrons. The van der Waals surface area contributed by atoms with Gasteiger partial charge in [-0.15, -0.1) is 0 Å². The standard InChI is InChI=1S/C21H22F3N3O2/c1-2-29-18-6-4-3-5-16(18)7-10-20(28)27-13-11-26(12-14-27)19-9-8-17(15-25-19)21(22,23)24/h3-10,15H,2,11-14H2,1H3/b10-7+. The van der Waals surface area contributed by atoms with Gasteiger partial charge in [0, 0.05) is 44.0 Å². The third kappa shape index (κ3) is 5.28. The van der Waals surface area contributed by atoms with Crippen LogP contribution in [0.4, 0.5) is 19.0 Å². The number of benzene rings is 1. The predicted molar refractivity (Wildman–Crippen MR) is 105 cm³/mol. The Bertz CT molecular complexity index is 858. The molecule has 1 aliphatic rings. The van der Waals surface area contributed by atoms with Crippen LogP contribution in [0.1, 0.15) is 18.1 Å². The Kier molecular flexibility index (Phi) is 6.41. The van der Waals surface area contributed by atoms with Crippen molar-refractivity contribution in [2.24, 2.45) is 0 Å². The zero-order valence-electron chi connectivity index (χ0n) is 16.0. The number of aromatic nitrogens is 1. The number of rotatable bonds is 5. The molecule has 8 heteroatoms. The summed E-state index contributed by atoms with van der Waals surface area (Å²) in [5.74, 6) is 1.08. The van der Waals surface area contributed by atoms with Gasteiger partial charge in [-0.25, -0.2) is 4.98 Å². The zero-order chi connectivity index (χ0) is 20.9. The van der Waals surface area contributed by atoms with E-state index >= 15 is 0 Å². The highest BCUT2D eigenvalue weighted by Crippen LogP contribution is 2.29. The zero-order valence-corrected chi connectivity index (χ0v) is 16.0. The van der Waals surface area contributed by atoms with Crippen LogP contribution in [-0.2, 0) is 11.0 Å². The first kappa shape index (κ1) is 20.7. The molecule has 1 saturated heterocycles. The summed E-state index contributed by atoms with van der Waals surface area (Å²) in [5, 5.41) is 0. The summed E-state index contributed by atoms with van der Waals surface area (Å²) in [7, 11) is 0. The Labute approximate surface area is 167 Å². The maximum atomic E-state index is 12.7. The topological polar surface area (TPSA) is 45.7 Å². The molecule has 5 nitrogen and oxygen atoms in total. The number of hydrogen-bond donors (Lipinski definition) is 0. The monoisotopic (exact) mass is 405 g/mol. The van der Waals surface area contributed by atoms with Crippen molar-refractivity contribution in [3.8, 4) is 5.75 Å². The van der Waals surface area contributed by atoms with Crippen LogP contribution in [0.25, 0.3) is 6.08 Å². The lowest BCUT2D eigenvalue weighted by atomic mass is 10.2. The maximum Gasteiger partial charge on any atom is 0.417 e. The number of hydrogen-bond acceptors (Lipinski definition) is 4. The number of amides is 1. The third-order valence-electron chi connectivity index (χ3n) is 4.61. The van der Waals surface area contributed by atoms with Crippen LogP contribution < -0.4 is 9.64 Å². The quantitative estimate of drug-likeness (QED) is 0.709. The van der Waals surface area contributed by atoms with Crippen molar-refractivity contribution in [1.82, 2.24) is 9.88 Å². The van der Waals surface area contributed by atoms with Crippen LogP contribution in [0, 0.1) is 0 Å². The number of carbonyl (C=O) groups is 1. The van der Waals surface area contributed by atoms with Crippen LogP contribution in [-0.4, -0.2) is 48.6 Å². The lowest BCUT2D eigenvalue weighted by molar-refractivity contribution is -0.137. The first-order valence-corrected chi connectivity index (χ1v) is 9.35. The predicted octanol–water partition coefficient (Wildman–Crippen LogP) is 3.86. The van der Waals surface area contributed by atoms with Gasteiger partial charge in [-0.05, 0) is 31.2 Å². The minimum Gasteiger partial charge on any atom is -0.493 e. The molecule has 1 fully saturated rings. The first-order chi connectivity index (χ1) is 13.9. The van der Waals surface area contributed by atoms with E-state index in [1.165, 1.54) is 12.1 Å². The highest BCUT2D eigenvalue weighted by molar-refractivity contribution is 5.92. The van der Waals surface area contributed by atoms with E-state index in [0.717, 1.165) is 23.6 Å². The Morgan fingerprint density at radius 3 is 2.48 bits per heavy atom. The van der Waals surface area contributed by atoms with E-state index < -0.39 is 11.7 Å². The number of para-hydroxylation sites is 1. The molecule has 0 saturated carbocycles. The molecule has 0 spiro atoms. The van der Waals surface area contributed by atoms with Crippen molar-refractivity contribution >= 4 is 17.8 Å². The molecule has 0 atom stereocenters. The molecule has 0 unspecified atom stereocenters. The summed E-state index contributed by atoms with van der Waals surface area (Å²) < 4.78 is 43.5. The molecule has 29 heavy (non-hydrogen) atoms. The first-order valence-electron chi connectivity index (χ1n) is 9.35. The van der Waals surface area contributed by atoms with Gasteiger partial charge in [0.25, 0.3) is 0 Å². The molecule has 0 N–H and O–H groups in total. The molecule has 0 aliphatic carbocycles. The number of alkyl halides is 3. The number of anilines is 1. The molecule has 1 aromatic heterocycles. The Balaban J connectivity index is 1.57. The van der Waals surface area contributed by atoms with Gasteiger partial charge in [-0.3, -0.25) is 4.79 Å². The molecule has 0 bridgehead atoms. The van der Waals surface area contributed by atoms with Crippen molar-refractivity contribution in [3.05, 3.63) is 59.8 Å². The van der Waals surface area contributed by atoms with Gasteiger partial charge in [0.15, 0.2) is 0 Å². The second-order valence-electron chi connectivity index (χ2n) is 6.52. The summed E-state index contributed by atoms with van der Waals surface area (Å²) in [6, 6.07) is 9.87. The van der Waals surface area contributed by atoms with Crippen LogP contribution in [0.5, 0.6) is 5.75 Å². The van der Waals surface area contributed by atoms with E-state index in [-0.39, 0.29) is 5.91 Å². The molecule has 1 amide bonds. The molecule has 2 aromatic rings. The third-order valence-corrected chi connectivity index (χ3v) is 4.61. The number of halogens is 3. The molecular formula is C21H22F3N3O2. The summed E-state index contributed by atoms with van der Waals surface area (Å²) in [4.78, 5) is 20.0. The average Bonchev–Trinajstić information content (AvgIpc) is 2.73. The molecular weight excluding hydrogens is 383 g/mol. The Morgan fingerprint density at radius 2 is 1.86 bits per heavy atom. The second-order valence-corrected chi connectivity index (χ2v) is 6.52. The van der Waals surface area contributed by atoms with Gasteiger partial charge in [-0.1, -0.05) is 18.2 Å². The molecule has 2 heterocycles. The Morgan fingerprint density at radius 1 is 1.14 bits per heavy atom. The van der Waals surface area contributed by atoms with E-state index in [4.69, 9.17) is 4.74 Å². The largest absolute Gasteiger partial charge is 0.493 e. The second kappa shape index (κ2) is 8.98. The van der Waals surface area contributed by atoms with Gasteiger partial charge in [0.1, 0.15) is 11.6 Å². The SMILES string of the molecule is CCOc1ccccc1/C=C/C(=O)N1CCN(c2ccc(C(F)(F)F)cn2)CC1. The number of nitrogens with zero attached hydrogens (tertiary/aromatic N) is 3. The van der Waals surface area contributed by atoms with Gasteiger partial charge >= 0.3 is 6.18 Å². The number of ether oxygens (including phenoxy) is 1. The van der Waals surface area contributed by atoms with E-state index in [9.17, 15) is 18.0 Å². The highest BCUT2D eigenvalue weighted by atomic mass is 19.4. The van der Waals surface area contributed by atoms with Crippen molar-refractivity contribution in [2.75, 3.05) is 37.7 Å². The van der Waals surface area contributed by atoms with Crippen molar-refractivity contribution < 1.29 is 22.7 Å². The summed E-state index contributed by atoms with van der Waals surface area (Å²) in [6.45, 7) is 4.40. The van der Waals surface area contributed by atoms with Crippen LogP contribution in [0.2, 0.25) is 0 Å². The maximum absolute atomic E-state index is 12.7. The summed E-state index contributed by atoms with van der Waals surface area (Å²) in [5.41, 5.74) is 0.0582. The van der Waals surface area contributed by atoms with Crippen molar-refractivity contribution in [1.29, 1.82) is 0 Å². The lowest BCUT2D eigenvalue weighted by Gasteiger charge is -2.35. The van der Waals surface area contributed by atoms with Crippen LogP contribution in [0.3, 0.4) is 0 Å². The fourth-order valence-corrected chi connectivity index (χ4v) is 3.07. The van der Waals surface area contributed by atoms with E-state index in [2.05, 4.69) is 4.98 Å². The lowest BCUT2D eigenvalue weighted by Crippen LogP contribution is -2.48. The fraction of sp³-hybridized carbons (Fsp3) is 0.333. The summed E-state index contributed by atoms with van der Waals surface area (Å²) in [6.07, 6.45) is -0.309. The summed E-state index contributed by atoms with van der Waals surface area (Å²) >= 11 is 0. The Hall–Kier alpha value is -3.03.